The van der Waals surface area contributed by atoms with Gasteiger partial charge in [0.25, 0.3) is 0 Å². The van der Waals surface area contributed by atoms with Crippen LogP contribution in [0.1, 0.15) is 18.9 Å². The normalized spacial score (nSPS) is 10.6. The summed E-state index contributed by atoms with van der Waals surface area (Å²) in [6.07, 6.45) is 5.73. The standard InChI is InChI=1S/C14H16FN3/c1-2-5-16-7-11-3-4-13(14(15)6-11)12-8-17-10-18-9-12/h3-4,6,8-10,16H,2,5,7H2,1H3. The summed E-state index contributed by atoms with van der Waals surface area (Å²) in [5, 5.41) is 3.25. The number of benzene rings is 1. The molecule has 94 valence electrons. The number of aromatic nitrogens is 2. The van der Waals surface area contributed by atoms with Gasteiger partial charge in [0.15, 0.2) is 0 Å². The molecule has 0 unspecified atom stereocenters. The van der Waals surface area contributed by atoms with Crippen molar-refractivity contribution in [2.24, 2.45) is 0 Å². The number of nitrogens with zero attached hydrogens (tertiary/aromatic N) is 2. The molecule has 3 nitrogen and oxygen atoms in total. The average Bonchev–Trinajstić information content (AvgIpc) is 2.40. The Balaban J connectivity index is 2.15. The van der Waals surface area contributed by atoms with Crippen LogP contribution in [0.15, 0.2) is 36.9 Å². The number of halogens is 1. The highest BCUT2D eigenvalue weighted by Gasteiger charge is 2.06. The Labute approximate surface area is 106 Å². The van der Waals surface area contributed by atoms with Crippen LogP contribution < -0.4 is 5.32 Å². The van der Waals surface area contributed by atoms with Gasteiger partial charge in [0.1, 0.15) is 12.1 Å². The fourth-order valence-electron chi connectivity index (χ4n) is 1.75. The summed E-state index contributed by atoms with van der Waals surface area (Å²) in [6, 6.07) is 5.26. The molecule has 0 bridgehead atoms. The highest BCUT2D eigenvalue weighted by atomic mass is 19.1. The largest absolute Gasteiger partial charge is 0.313 e. The summed E-state index contributed by atoms with van der Waals surface area (Å²) < 4.78 is 14.0. The summed E-state index contributed by atoms with van der Waals surface area (Å²) in [7, 11) is 0. The molecule has 0 amide bonds. The van der Waals surface area contributed by atoms with E-state index in [-0.39, 0.29) is 5.82 Å². The first-order valence-electron chi connectivity index (χ1n) is 6.05. The molecular formula is C14H16FN3. The van der Waals surface area contributed by atoms with Crippen LogP contribution in [-0.2, 0) is 6.54 Å². The number of hydrogen-bond acceptors (Lipinski definition) is 3. The van der Waals surface area contributed by atoms with Gasteiger partial charge in [0.05, 0.1) is 0 Å². The van der Waals surface area contributed by atoms with E-state index >= 15 is 0 Å². The smallest absolute Gasteiger partial charge is 0.131 e. The van der Waals surface area contributed by atoms with Crippen molar-refractivity contribution in [2.75, 3.05) is 6.54 Å². The SMILES string of the molecule is CCCNCc1ccc(-c2cncnc2)c(F)c1. The van der Waals surface area contributed by atoms with Crippen LogP contribution in [0.5, 0.6) is 0 Å². The van der Waals surface area contributed by atoms with Gasteiger partial charge in [0.2, 0.25) is 0 Å². The molecule has 4 heteroatoms. The van der Waals surface area contributed by atoms with E-state index < -0.39 is 0 Å². The second-order valence-electron chi connectivity index (χ2n) is 4.12. The highest BCUT2D eigenvalue weighted by molar-refractivity contribution is 5.62. The van der Waals surface area contributed by atoms with Crippen LogP contribution in [0.4, 0.5) is 4.39 Å². The molecular weight excluding hydrogens is 229 g/mol. The van der Waals surface area contributed by atoms with Crippen molar-refractivity contribution in [3.8, 4) is 11.1 Å². The van der Waals surface area contributed by atoms with E-state index in [1.165, 1.54) is 6.33 Å². The van der Waals surface area contributed by atoms with Crippen molar-refractivity contribution in [1.29, 1.82) is 0 Å². The van der Waals surface area contributed by atoms with Gasteiger partial charge < -0.3 is 5.32 Å². The minimum atomic E-state index is -0.236. The van der Waals surface area contributed by atoms with Crippen molar-refractivity contribution >= 4 is 0 Å². The van der Waals surface area contributed by atoms with E-state index in [2.05, 4.69) is 22.2 Å². The maximum Gasteiger partial charge on any atom is 0.131 e. The maximum atomic E-state index is 14.0. The zero-order chi connectivity index (χ0) is 12.8. The minimum Gasteiger partial charge on any atom is -0.313 e. The van der Waals surface area contributed by atoms with E-state index in [1.807, 2.05) is 6.07 Å². The number of rotatable bonds is 5. The van der Waals surface area contributed by atoms with Gasteiger partial charge in [0, 0.05) is 30.1 Å². The van der Waals surface area contributed by atoms with Crippen LogP contribution in [0.3, 0.4) is 0 Å². The van der Waals surface area contributed by atoms with Gasteiger partial charge in [-0.25, -0.2) is 14.4 Å². The summed E-state index contributed by atoms with van der Waals surface area (Å²) >= 11 is 0. The van der Waals surface area contributed by atoms with Crippen LogP contribution in [0.2, 0.25) is 0 Å². The molecule has 1 heterocycles. The van der Waals surface area contributed by atoms with E-state index in [0.29, 0.717) is 17.7 Å². The van der Waals surface area contributed by atoms with Crippen molar-refractivity contribution < 1.29 is 4.39 Å². The number of nitrogens with one attached hydrogen (secondary N) is 1. The van der Waals surface area contributed by atoms with Gasteiger partial charge in [-0.2, -0.15) is 0 Å². The van der Waals surface area contributed by atoms with Crippen LogP contribution in [0.25, 0.3) is 11.1 Å². The molecule has 0 fully saturated rings. The summed E-state index contributed by atoms with van der Waals surface area (Å²) in [5.41, 5.74) is 2.18. The Morgan fingerprint density at radius 1 is 1.22 bits per heavy atom. The predicted molar refractivity (Wildman–Crippen MR) is 69.4 cm³/mol. The van der Waals surface area contributed by atoms with Crippen LogP contribution >= 0.6 is 0 Å². The molecule has 0 atom stereocenters. The highest BCUT2D eigenvalue weighted by Crippen LogP contribution is 2.21. The molecule has 0 aliphatic heterocycles. The van der Waals surface area contributed by atoms with Crippen molar-refractivity contribution in [1.82, 2.24) is 15.3 Å². The molecule has 1 aromatic carbocycles. The van der Waals surface area contributed by atoms with Gasteiger partial charge >= 0.3 is 0 Å². The first-order valence-corrected chi connectivity index (χ1v) is 6.05. The predicted octanol–water partition coefficient (Wildman–Crippen LogP) is 2.78. The van der Waals surface area contributed by atoms with E-state index in [0.717, 1.165) is 18.5 Å². The topological polar surface area (TPSA) is 37.8 Å². The Morgan fingerprint density at radius 2 is 2.00 bits per heavy atom. The van der Waals surface area contributed by atoms with E-state index in [4.69, 9.17) is 0 Å². The van der Waals surface area contributed by atoms with E-state index in [9.17, 15) is 4.39 Å². The van der Waals surface area contributed by atoms with Crippen molar-refractivity contribution in [3.05, 3.63) is 48.3 Å². The maximum absolute atomic E-state index is 14.0. The monoisotopic (exact) mass is 245 g/mol. The van der Waals surface area contributed by atoms with Crippen molar-refractivity contribution in [3.63, 3.8) is 0 Å². The molecule has 0 aliphatic carbocycles. The molecule has 1 aromatic heterocycles. The first-order chi connectivity index (χ1) is 8.81. The summed E-state index contributed by atoms with van der Waals surface area (Å²) in [6.45, 7) is 3.73. The third kappa shape index (κ3) is 3.11. The lowest BCUT2D eigenvalue weighted by Gasteiger charge is -2.06. The Morgan fingerprint density at radius 3 is 2.67 bits per heavy atom. The quantitative estimate of drug-likeness (QED) is 0.823. The molecule has 1 N–H and O–H groups in total. The lowest BCUT2D eigenvalue weighted by Crippen LogP contribution is -2.13. The second kappa shape index (κ2) is 6.21. The third-order valence-corrected chi connectivity index (χ3v) is 2.66. The van der Waals surface area contributed by atoms with Gasteiger partial charge in [-0.05, 0) is 24.6 Å². The Kier molecular flexibility index (Phi) is 4.36. The molecule has 18 heavy (non-hydrogen) atoms. The van der Waals surface area contributed by atoms with Gasteiger partial charge in [-0.1, -0.05) is 19.1 Å². The Hall–Kier alpha value is -1.81. The molecule has 0 saturated carbocycles. The molecule has 2 rings (SSSR count). The second-order valence-corrected chi connectivity index (χ2v) is 4.12. The average molecular weight is 245 g/mol. The van der Waals surface area contributed by atoms with E-state index in [1.54, 1.807) is 24.5 Å². The number of hydrogen-bond donors (Lipinski definition) is 1. The molecule has 0 saturated heterocycles. The lowest BCUT2D eigenvalue weighted by atomic mass is 10.1. The fourth-order valence-corrected chi connectivity index (χ4v) is 1.75. The van der Waals surface area contributed by atoms with Crippen LogP contribution in [0, 0.1) is 5.82 Å². The molecule has 0 radical (unpaired) electrons. The fraction of sp³-hybridized carbons (Fsp3) is 0.286. The minimum absolute atomic E-state index is 0.236. The van der Waals surface area contributed by atoms with Crippen LogP contribution in [-0.4, -0.2) is 16.5 Å². The summed E-state index contributed by atoms with van der Waals surface area (Å²) in [4.78, 5) is 7.79. The van der Waals surface area contributed by atoms with Gasteiger partial charge in [-0.15, -0.1) is 0 Å². The first kappa shape index (κ1) is 12.6. The third-order valence-electron chi connectivity index (χ3n) is 2.66. The lowest BCUT2D eigenvalue weighted by molar-refractivity contribution is 0.622. The zero-order valence-corrected chi connectivity index (χ0v) is 10.4. The van der Waals surface area contributed by atoms with Crippen molar-refractivity contribution in [2.45, 2.75) is 19.9 Å². The van der Waals surface area contributed by atoms with Gasteiger partial charge in [-0.3, -0.25) is 0 Å². The summed E-state index contributed by atoms with van der Waals surface area (Å²) in [5.74, 6) is -0.236. The Bertz CT molecular complexity index is 500. The molecule has 0 aliphatic rings. The zero-order valence-electron chi connectivity index (χ0n) is 10.4. The molecule has 0 spiro atoms. The molecule has 2 aromatic rings.